The van der Waals surface area contributed by atoms with E-state index in [1.807, 2.05) is 37.3 Å². The minimum atomic E-state index is -0.0182. The molecule has 1 amide bonds. The van der Waals surface area contributed by atoms with E-state index < -0.39 is 0 Å². The maximum atomic E-state index is 12.7. The molecular formula is C21H27N3O2. The van der Waals surface area contributed by atoms with Gasteiger partial charge >= 0.3 is 0 Å². The predicted octanol–water partition coefficient (Wildman–Crippen LogP) is 4.39. The maximum Gasteiger partial charge on any atom is 0.241 e. The number of aromatic nitrogens is 1. The van der Waals surface area contributed by atoms with Gasteiger partial charge in [0.25, 0.3) is 0 Å². The van der Waals surface area contributed by atoms with Gasteiger partial charge in [-0.1, -0.05) is 13.3 Å². The van der Waals surface area contributed by atoms with Crippen molar-refractivity contribution in [1.29, 1.82) is 0 Å². The van der Waals surface area contributed by atoms with Crippen LogP contribution < -0.4 is 10.1 Å². The topological polar surface area (TPSA) is 54.5 Å². The molecule has 0 spiro atoms. The van der Waals surface area contributed by atoms with E-state index in [9.17, 15) is 4.79 Å². The molecule has 0 aliphatic carbocycles. The molecule has 1 N–H and O–H groups in total. The number of piperidine rings is 1. The van der Waals surface area contributed by atoms with Crippen molar-refractivity contribution in [2.75, 3.05) is 18.4 Å². The lowest BCUT2D eigenvalue weighted by Gasteiger charge is -2.34. The molecule has 1 aromatic carbocycles. The van der Waals surface area contributed by atoms with E-state index in [1.165, 1.54) is 6.42 Å². The van der Waals surface area contributed by atoms with Crippen molar-refractivity contribution in [2.45, 2.75) is 45.6 Å². The van der Waals surface area contributed by atoms with Gasteiger partial charge in [-0.3, -0.25) is 14.7 Å². The number of hydrogen-bond acceptors (Lipinski definition) is 4. The first-order valence-corrected chi connectivity index (χ1v) is 9.41. The number of aryl methyl sites for hydroxylation is 1. The van der Waals surface area contributed by atoms with E-state index in [-0.39, 0.29) is 11.9 Å². The lowest BCUT2D eigenvalue weighted by molar-refractivity contribution is -0.122. The minimum absolute atomic E-state index is 0.0182. The average Bonchev–Trinajstić information content (AvgIpc) is 2.65. The quantitative estimate of drug-likeness (QED) is 0.837. The van der Waals surface area contributed by atoms with Crippen LogP contribution in [0.3, 0.4) is 0 Å². The summed E-state index contributed by atoms with van der Waals surface area (Å²) in [5.74, 6) is 1.56. The van der Waals surface area contributed by atoms with Crippen molar-refractivity contribution in [3.05, 3.63) is 48.3 Å². The highest BCUT2D eigenvalue weighted by Gasteiger charge is 2.28. The van der Waals surface area contributed by atoms with Crippen LogP contribution in [0.4, 0.5) is 5.69 Å². The number of nitrogens with zero attached hydrogens (tertiary/aromatic N) is 2. The van der Waals surface area contributed by atoms with Crippen molar-refractivity contribution >= 4 is 11.6 Å². The summed E-state index contributed by atoms with van der Waals surface area (Å²) in [6, 6.07) is 9.43. The van der Waals surface area contributed by atoms with Gasteiger partial charge in [-0.05, 0) is 75.2 Å². The van der Waals surface area contributed by atoms with Gasteiger partial charge in [0.1, 0.15) is 11.5 Å². The van der Waals surface area contributed by atoms with Crippen LogP contribution in [-0.2, 0) is 4.79 Å². The Morgan fingerprint density at radius 1 is 1.35 bits per heavy atom. The molecule has 1 aromatic heterocycles. The van der Waals surface area contributed by atoms with Crippen molar-refractivity contribution in [1.82, 2.24) is 9.88 Å². The smallest absolute Gasteiger partial charge is 0.241 e. The molecule has 2 aromatic rings. The Bertz CT molecular complexity index is 731. The molecule has 5 nitrogen and oxygen atoms in total. The lowest BCUT2D eigenvalue weighted by atomic mass is 10.0. The molecule has 1 unspecified atom stereocenters. The number of nitrogens with one attached hydrogen (secondary N) is 1. The Kier molecular flexibility index (Phi) is 6.23. The second-order valence-electron chi connectivity index (χ2n) is 6.81. The van der Waals surface area contributed by atoms with Crippen LogP contribution in [-0.4, -0.2) is 34.9 Å². The lowest BCUT2D eigenvalue weighted by Crippen LogP contribution is -2.47. The Morgan fingerprint density at radius 2 is 2.23 bits per heavy atom. The fourth-order valence-electron chi connectivity index (χ4n) is 3.44. The molecule has 1 aliphatic rings. The molecule has 0 saturated carbocycles. The van der Waals surface area contributed by atoms with E-state index in [4.69, 9.17) is 4.74 Å². The van der Waals surface area contributed by atoms with E-state index in [1.54, 1.807) is 12.4 Å². The first kappa shape index (κ1) is 18.4. The summed E-state index contributed by atoms with van der Waals surface area (Å²) in [7, 11) is 0. The first-order valence-electron chi connectivity index (χ1n) is 9.41. The fourth-order valence-corrected chi connectivity index (χ4v) is 3.44. The highest BCUT2D eigenvalue weighted by Crippen LogP contribution is 2.27. The summed E-state index contributed by atoms with van der Waals surface area (Å²) in [6.07, 6.45) is 7.71. The molecule has 1 fully saturated rings. The van der Waals surface area contributed by atoms with Crippen LogP contribution in [0, 0.1) is 6.92 Å². The van der Waals surface area contributed by atoms with Crippen LogP contribution in [0.15, 0.2) is 42.7 Å². The molecule has 0 radical (unpaired) electrons. The Hall–Kier alpha value is -2.40. The summed E-state index contributed by atoms with van der Waals surface area (Å²) in [6.45, 7) is 6.14. The Morgan fingerprint density at radius 3 is 2.96 bits per heavy atom. The van der Waals surface area contributed by atoms with Gasteiger partial charge in [0.05, 0.1) is 12.2 Å². The van der Waals surface area contributed by atoms with Crippen LogP contribution in [0.1, 0.15) is 38.2 Å². The fraction of sp³-hybridized carbons (Fsp3) is 0.429. The van der Waals surface area contributed by atoms with Gasteiger partial charge in [-0.2, -0.15) is 0 Å². The summed E-state index contributed by atoms with van der Waals surface area (Å²) in [5.41, 5.74) is 1.79. The second kappa shape index (κ2) is 8.81. The number of rotatable bonds is 6. The average molecular weight is 353 g/mol. The zero-order valence-electron chi connectivity index (χ0n) is 15.6. The highest BCUT2D eigenvalue weighted by atomic mass is 16.5. The van der Waals surface area contributed by atoms with Gasteiger partial charge in [-0.25, -0.2) is 0 Å². The van der Waals surface area contributed by atoms with Gasteiger partial charge in [0, 0.05) is 11.9 Å². The highest BCUT2D eigenvalue weighted by molar-refractivity contribution is 5.95. The third-order valence-corrected chi connectivity index (χ3v) is 4.73. The normalized spacial score (nSPS) is 17.7. The molecule has 1 atom stereocenters. The van der Waals surface area contributed by atoms with Crippen LogP contribution in [0.2, 0.25) is 0 Å². The largest absolute Gasteiger partial charge is 0.455 e. The second-order valence-corrected chi connectivity index (χ2v) is 6.81. The molecule has 0 bridgehead atoms. The minimum Gasteiger partial charge on any atom is -0.455 e. The molecule has 138 valence electrons. The third kappa shape index (κ3) is 4.61. The van der Waals surface area contributed by atoms with Crippen LogP contribution in [0.25, 0.3) is 0 Å². The van der Waals surface area contributed by atoms with Crippen LogP contribution >= 0.6 is 0 Å². The van der Waals surface area contributed by atoms with Crippen LogP contribution in [0.5, 0.6) is 11.5 Å². The van der Waals surface area contributed by atoms with E-state index in [2.05, 4.69) is 22.1 Å². The molecule has 2 heterocycles. The zero-order valence-corrected chi connectivity index (χ0v) is 15.6. The molecule has 1 saturated heterocycles. The number of anilines is 1. The Balaban J connectivity index is 1.66. The number of carbonyl (C=O) groups is 1. The number of carbonyl (C=O) groups excluding carboxylic acids is 1. The SMILES string of the molecule is CCCN1CCCCC1C(=O)Nc1ccc(Oc2cccnc2)c(C)c1. The maximum absolute atomic E-state index is 12.7. The number of likely N-dealkylation sites (tertiary alicyclic amines) is 1. The molecule has 1 aliphatic heterocycles. The van der Waals surface area contributed by atoms with Gasteiger partial charge in [0.15, 0.2) is 0 Å². The zero-order chi connectivity index (χ0) is 18.4. The predicted molar refractivity (Wildman–Crippen MR) is 104 cm³/mol. The number of pyridine rings is 1. The summed E-state index contributed by atoms with van der Waals surface area (Å²) < 4.78 is 5.85. The summed E-state index contributed by atoms with van der Waals surface area (Å²) in [5, 5.41) is 3.08. The van der Waals surface area contributed by atoms with E-state index in [0.29, 0.717) is 5.75 Å². The van der Waals surface area contributed by atoms with E-state index in [0.717, 1.165) is 49.4 Å². The standard InChI is InChI=1S/C21H27N3O2/c1-3-12-24-13-5-4-8-19(24)21(25)23-17-9-10-20(16(2)14-17)26-18-7-6-11-22-15-18/h6-7,9-11,14-15,19H,3-5,8,12-13H2,1-2H3,(H,23,25). The molecular weight excluding hydrogens is 326 g/mol. The number of amides is 1. The van der Waals surface area contributed by atoms with Crippen molar-refractivity contribution < 1.29 is 9.53 Å². The monoisotopic (exact) mass is 353 g/mol. The number of ether oxygens (including phenoxy) is 1. The number of benzene rings is 1. The summed E-state index contributed by atoms with van der Waals surface area (Å²) in [4.78, 5) is 19.1. The molecule has 3 rings (SSSR count). The van der Waals surface area contributed by atoms with Crippen molar-refractivity contribution in [2.24, 2.45) is 0 Å². The third-order valence-electron chi connectivity index (χ3n) is 4.73. The number of hydrogen-bond donors (Lipinski definition) is 1. The Labute approximate surface area is 155 Å². The first-order chi connectivity index (χ1) is 12.7. The van der Waals surface area contributed by atoms with Crippen molar-refractivity contribution in [3.63, 3.8) is 0 Å². The van der Waals surface area contributed by atoms with Gasteiger partial charge in [0.2, 0.25) is 5.91 Å². The molecule has 26 heavy (non-hydrogen) atoms. The van der Waals surface area contributed by atoms with Crippen molar-refractivity contribution in [3.8, 4) is 11.5 Å². The van der Waals surface area contributed by atoms with Gasteiger partial charge in [-0.15, -0.1) is 0 Å². The summed E-state index contributed by atoms with van der Waals surface area (Å²) >= 11 is 0. The van der Waals surface area contributed by atoms with E-state index >= 15 is 0 Å². The van der Waals surface area contributed by atoms with Gasteiger partial charge < -0.3 is 10.1 Å². The molecule has 5 heteroatoms.